The fourth-order valence-electron chi connectivity index (χ4n) is 2.56. The normalized spacial score (nSPS) is 10.9. The Labute approximate surface area is 139 Å². The molecule has 0 unspecified atom stereocenters. The molecule has 0 atom stereocenters. The predicted octanol–water partition coefficient (Wildman–Crippen LogP) is 3.55. The van der Waals surface area contributed by atoms with Crippen molar-refractivity contribution in [3.05, 3.63) is 66.1 Å². The third kappa shape index (κ3) is 2.69. The number of anilines is 2. The fraction of sp³-hybridized carbons (Fsp3) is 0.111. The van der Waals surface area contributed by atoms with Gasteiger partial charge < -0.3 is 5.32 Å². The van der Waals surface area contributed by atoms with Crippen molar-refractivity contribution in [1.29, 1.82) is 0 Å². The molecule has 0 amide bonds. The zero-order valence-electron chi connectivity index (χ0n) is 13.4. The maximum atomic E-state index is 4.58. The second kappa shape index (κ2) is 5.73. The van der Waals surface area contributed by atoms with Gasteiger partial charge in [-0.3, -0.25) is 4.98 Å². The average molecular weight is 316 g/mol. The van der Waals surface area contributed by atoms with E-state index in [1.807, 2.05) is 37.3 Å². The maximum Gasteiger partial charge on any atom is 0.254 e. The van der Waals surface area contributed by atoms with Crippen LogP contribution in [0.3, 0.4) is 0 Å². The van der Waals surface area contributed by atoms with E-state index < -0.39 is 0 Å². The highest BCUT2D eigenvalue weighted by Crippen LogP contribution is 2.21. The summed E-state index contributed by atoms with van der Waals surface area (Å²) in [4.78, 5) is 13.1. The van der Waals surface area contributed by atoms with Crippen molar-refractivity contribution in [2.75, 3.05) is 5.32 Å². The summed E-state index contributed by atoms with van der Waals surface area (Å²) in [6.07, 6.45) is 3.47. The van der Waals surface area contributed by atoms with Crippen LogP contribution in [0.25, 0.3) is 17.2 Å². The quantitative estimate of drug-likeness (QED) is 0.626. The minimum atomic E-state index is 0.559. The van der Waals surface area contributed by atoms with E-state index in [0.29, 0.717) is 11.6 Å². The van der Waals surface area contributed by atoms with E-state index in [4.69, 9.17) is 0 Å². The van der Waals surface area contributed by atoms with Crippen LogP contribution in [0.5, 0.6) is 0 Å². The first-order valence-electron chi connectivity index (χ1n) is 7.67. The molecule has 0 aliphatic rings. The van der Waals surface area contributed by atoms with Crippen molar-refractivity contribution in [3.63, 3.8) is 0 Å². The highest BCUT2D eigenvalue weighted by atomic mass is 15.4. The molecule has 3 heterocycles. The predicted molar refractivity (Wildman–Crippen MR) is 93.2 cm³/mol. The lowest BCUT2D eigenvalue weighted by molar-refractivity contribution is 0.939. The largest absolute Gasteiger partial charge is 0.340 e. The van der Waals surface area contributed by atoms with Gasteiger partial charge in [-0.05, 0) is 43.7 Å². The van der Waals surface area contributed by atoms with E-state index in [9.17, 15) is 0 Å². The van der Waals surface area contributed by atoms with Crippen LogP contribution in [0.4, 0.5) is 11.5 Å². The van der Waals surface area contributed by atoms with Crippen molar-refractivity contribution < 1.29 is 0 Å². The molecular formula is C18H16N6. The summed E-state index contributed by atoms with van der Waals surface area (Å²) in [5.74, 6) is 1.99. The highest BCUT2D eigenvalue weighted by Gasteiger charge is 2.11. The fourth-order valence-corrected chi connectivity index (χ4v) is 2.56. The van der Waals surface area contributed by atoms with Crippen LogP contribution >= 0.6 is 0 Å². The Balaban J connectivity index is 1.81. The Hall–Kier alpha value is -3.28. The summed E-state index contributed by atoms with van der Waals surface area (Å²) in [5.41, 5.74) is 3.93. The third-order valence-electron chi connectivity index (χ3n) is 3.65. The summed E-state index contributed by atoms with van der Waals surface area (Å²) >= 11 is 0. The number of aryl methyl sites for hydroxylation is 2. The Bertz CT molecular complexity index is 1010. The van der Waals surface area contributed by atoms with Crippen LogP contribution < -0.4 is 5.32 Å². The lowest BCUT2D eigenvalue weighted by atomic mass is 10.2. The molecule has 4 rings (SSSR count). The van der Waals surface area contributed by atoms with E-state index in [1.54, 1.807) is 16.9 Å². The number of benzene rings is 1. The molecule has 0 fully saturated rings. The number of fused-ring (bicyclic) bond motifs is 1. The van der Waals surface area contributed by atoms with E-state index >= 15 is 0 Å². The molecule has 0 radical (unpaired) electrons. The van der Waals surface area contributed by atoms with Crippen LogP contribution in [0.2, 0.25) is 0 Å². The number of nitrogens with zero attached hydrogens (tertiary/aromatic N) is 5. The lowest BCUT2D eigenvalue weighted by Gasteiger charge is -2.09. The summed E-state index contributed by atoms with van der Waals surface area (Å²) in [5, 5.41) is 7.98. The van der Waals surface area contributed by atoms with Gasteiger partial charge in [0, 0.05) is 35.4 Å². The van der Waals surface area contributed by atoms with Crippen LogP contribution in [0.1, 0.15) is 11.3 Å². The first-order chi connectivity index (χ1) is 11.7. The number of rotatable bonds is 3. The van der Waals surface area contributed by atoms with Crippen LogP contribution in [0, 0.1) is 13.8 Å². The minimum absolute atomic E-state index is 0.559. The molecule has 24 heavy (non-hydrogen) atoms. The summed E-state index contributed by atoms with van der Waals surface area (Å²) in [6, 6.07) is 13.9. The monoisotopic (exact) mass is 316 g/mol. The van der Waals surface area contributed by atoms with Gasteiger partial charge in [-0.1, -0.05) is 12.1 Å². The molecule has 0 saturated heterocycles. The molecule has 3 aromatic heterocycles. The summed E-state index contributed by atoms with van der Waals surface area (Å²) in [7, 11) is 0. The number of pyridine rings is 1. The Kier molecular flexibility index (Phi) is 3.42. The molecule has 1 aromatic carbocycles. The van der Waals surface area contributed by atoms with Gasteiger partial charge in [-0.25, -0.2) is 4.98 Å². The number of nitrogens with one attached hydrogen (secondary N) is 1. The van der Waals surface area contributed by atoms with Crippen LogP contribution in [-0.2, 0) is 0 Å². The second-order valence-electron chi connectivity index (χ2n) is 5.67. The number of hydrogen-bond donors (Lipinski definition) is 1. The molecule has 118 valence electrons. The molecule has 0 spiro atoms. The van der Waals surface area contributed by atoms with Gasteiger partial charge in [0.25, 0.3) is 5.78 Å². The van der Waals surface area contributed by atoms with Crippen molar-refractivity contribution in [2.45, 2.75) is 13.8 Å². The van der Waals surface area contributed by atoms with E-state index in [-0.39, 0.29) is 0 Å². The molecule has 4 aromatic rings. The third-order valence-corrected chi connectivity index (χ3v) is 3.65. The molecule has 6 heteroatoms. The van der Waals surface area contributed by atoms with Gasteiger partial charge in [0.15, 0.2) is 5.82 Å². The first kappa shape index (κ1) is 14.3. The topological polar surface area (TPSA) is 68.0 Å². The average Bonchev–Trinajstić information content (AvgIpc) is 3.00. The second-order valence-corrected chi connectivity index (χ2v) is 5.67. The van der Waals surface area contributed by atoms with Gasteiger partial charge in [0.2, 0.25) is 0 Å². The molecule has 1 N–H and O–H groups in total. The van der Waals surface area contributed by atoms with Crippen molar-refractivity contribution in [3.8, 4) is 11.4 Å². The van der Waals surface area contributed by atoms with Crippen LogP contribution in [0.15, 0.2) is 54.9 Å². The van der Waals surface area contributed by atoms with Gasteiger partial charge in [0.05, 0.1) is 0 Å². The molecule has 0 bridgehead atoms. The highest BCUT2D eigenvalue weighted by molar-refractivity contribution is 5.62. The van der Waals surface area contributed by atoms with Gasteiger partial charge >= 0.3 is 0 Å². The zero-order valence-corrected chi connectivity index (χ0v) is 13.4. The standard InChI is InChI=1S/C18H16N6/c1-12-5-3-7-15(9-12)21-16-10-13(2)20-18-22-17(23-24(16)18)14-6-4-8-19-11-14/h3-11,21H,1-2H3. The molecule has 0 saturated carbocycles. The van der Waals surface area contributed by atoms with Gasteiger partial charge in [-0.2, -0.15) is 9.50 Å². The number of hydrogen-bond acceptors (Lipinski definition) is 5. The summed E-state index contributed by atoms with van der Waals surface area (Å²) in [6.45, 7) is 4.01. The minimum Gasteiger partial charge on any atom is -0.340 e. The van der Waals surface area contributed by atoms with Crippen molar-refractivity contribution in [2.24, 2.45) is 0 Å². The number of aromatic nitrogens is 5. The maximum absolute atomic E-state index is 4.58. The Morgan fingerprint density at radius 2 is 1.92 bits per heavy atom. The molecule has 6 nitrogen and oxygen atoms in total. The van der Waals surface area contributed by atoms with Gasteiger partial charge in [-0.15, -0.1) is 5.10 Å². The lowest BCUT2D eigenvalue weighted by Crippen LogP contribution is -2.02. The van der Waals surface area contributed by atoms with Crippen molar-refractivity contribution >= 4 is 17.3 Å². The van der Waals surface area contributed by atoms with Crippen molar-refractivity contribution in [1.82, 2.24) is 24.6 Å². The van der Waals surface area contributed by atoms with E-state index in [1.165, 1.54) is 5.56 Å². The molecular weight excluding hydrogens is 300 g/mol. The Morgan fingerprint density at radius 1 is 1.00 bits per heavy atom. The van der Waals surface area contributed by atoms with E-state index in [2.05, 4.69) is 44.4 Å². The van der Waals surface area contributed by atoms with E-state index in [0.717, 1.165) is 22.8 Å². The molecule has 0 aliphatic heterocycles. The van der Waals surface area contributed by atoms with Crippen LogP contribution in [-0.4, -0.2) is 24.6 Å². The zero-order chi connectivity index (χ0) is 16.5. The smallest absolute Gasteiger partial charge is 0.254 e. The SMILES string of the molecule is Cc1cccc(Nc2cc(C)nc3nc(-c4cccnc4)nn23)c1. The summed E-state index contributed by atoms with van der Waals surface area (Å²) < 4.78 is 1.72. The van der Waals surface area contributed by atoms with Gasteiger partial charge in [0.1, 0.15) is 5.82 Å². The molecule has 0 aliphatic carbocycles. The Morgan fingerprint density at radius 3 is 2.71 bits per heavy atom. The first-order valence-corrected chi connectivity index (χ1v) is 7.67.